The largest absolute Gasteiger partial charge is 0.478 e. The fourth-order valence-corrected chi connectivity index (χ4v) is 2.11. The molecule has 118 valence electrons. The summed E-state index contributed by atoms with van der Waals surface area (Å²) in [6, 6.07) is 7.64. The van der Waals surface area contributed by atoms with Crippen LogP contribution in [0.5, 0.6) is 0 Å². The number of aromatic carboxylic acids is 1. The summed E-state index contributed by atoms with van der Waals surface area (Å²) >= 11 is 10.8. The number of hydrogen-bond acceptors (Lipinski definition) is 4. The zero-order valence-corrected chi connectivity index (χ0v) is 13.1. The SMILES string of the molecule is O=C(C=Cc1ccco1)NC(=S)Nc1ccc(C(=O)O)c(Cl)c1. The Bertz CT molecular complexity index is 772. The summed E-state index contributed by atoms with van der Waals surface area (Å²) in [6.07, 6.45) is 4.26. The van der Waals surface area contributed by atoms with Gasteiger partial charge in [-0.05, 0) is 48.6 Å². The standard InChI is InChI=1S/C15H11ClN2O4S/c16-12-8-9(3-5-11(12)14(20)21)17-15(23)18-13(19)6-4-10-2-1-7-22-10/h1-8H,(H,20,21)(H2,17,18,19,23). The number of benzene rings is 1. The molecule has 0 saturated carbocycles. The van der Waals surface area contributed by atoms with Crippen LogP contribution in [0.15, 0.2) is 47.1 Å². The maximum atomic E-state index is 11.7. The van der Waals surface area contributed by atoms with Gasteiger partial charge < -0.3 is 14.8 Å². The van der Waals surface area contributed by atoms with E-state index >= 15 is 0 Å². The average Bonchev–Trinajstić information content (AvgIpc) is 2.98. The minimum absolute atomic E-state index is 0.0199. The van der Waals surface area contributed by atoms with E-state index in [2.05, 4.69) is 10.6 Å². The fraction of sp³-hybridized carbons (Fsp3) is 0. The van der Waals surface area contributed by atoms with Crippen LogP contribution in [-0.2, 0) is 4.79 Å². The molecule has 1 aromatic heterocycles. The van der Waals surface area contributed by atoms with Crippen LogP contribution < -0.4 is 10.6 Å². The highest BCUT2D eigenvalue weighted by molar-refractivity contribution is 7.80. The molecule has 0 unspecified atom stereocenters. The zero-order valence-electron chi connectivity index (χ0n) is 11.6. The van der Waals surface area contributed by atoms with Gasteiger partial charge >= 0.3 is 5.97 Å². The van der Waals surface area contributed by atoms with Crippen LogP contribution in [0.1, 0.15) is 16.1 Å². The average molecular weight is 351 g/mol. The molecule has 1 amide bonds. The maximum Gasteiger partial charge on any atom is 0.337 e. The summed E-state index contributed by atoms with van der Waals surface area (Å²) in [4.78, 5) is 22.5. The smallest absolute Gasteiger partial charge is 0.337 e. The molecule has 0 fully saturated rings. The van der Waals surface area contributed by atoms with Crippen LogP contribution in [0.3, 0.4) is 0 Å². The van der Waals surface area contributed by atoms with Gasteiger partial charge in [0, 0.05) is 11.8 Å². The first kappa shape index (κ1) is 16.7. The van der Waals surface area contributed by atoms with Gasteiger partial charge in [0.05, 0.1) is 16.8 Å². The van der Waals surface area contributed by atoms with Crippen LogP contribution in [0, 0.1) is 0 Å². The molecule has 0 atom stereocenters. The molecule has 2 rings (SSSR count). The molecule has 0 aliphatic heterocycles. The second-order valence-electron chi connectivity index (χ2n) is 4.29. The van der Waals surface area contributed by atoms with Gasteiger partial charge in [-0.15, -0.1) is 0 Å². The van der Waals surface area contributed by atoms with Crippen molar-refractivity contribution in [2.45, 2.75) is 0 Å². The predicted octanol–water partition coefficient (Wildman–Crippen LogP) is 3.16. The van der Waals surface area contributed by atoms with Gasteiger partial charge in [0.1, 0.15) is 5.76 Å². The summed E-state index contributed by atoms with van der Waals surface area (Å²) in [7, 11) is 0. The van der Waals surface area contributed by atoms with E-state index in [1.54, 1.807) is 12.1 Å². The minimum atomic E-state index is -1.12. The third-order valence-corrected chi connectivity index (χ3v) is 3.15. The topological polar surface area (TPSA) is 91.6 Å². The number of anilines is 1. The number of rotatable bonds is 4. The number of nitrogens with one attached hydrogen (secondary N) is 2. The lowest BCUT2D eigenvalue weighted by Crippen LogP contribution is -2.32. The zero-order chi connectivity index (χ0) is 16.8. The Kier molecular flexibility index (Phi) is 5.51. The number of furan rings is 1. The van der Waals surface area contributed by atoms with Crippen LogP contribution in [0.25, 0.3) is 6.08 Å². The lowest BCUT2D eigenvalue weighted by Gasteiger charge is -2.09. The monoisotopic (exact) mass is 350 g/mol. The van der Waals surface area contributed by atoms with Crippen molar-refractivity contribution >= 4 is 52.6 Å². The first-order chi connectivity index (χ1) is 11.0. The first-order valence-corrected chi connectivity index (χ1v) is 7.11. The Labute approximate surface area is 141 Å². The van der Waals surface area contributed by atoms with E-state index in [0.29, 0.717) is 11.4 Å². The summed E-state index contributed by atoms with van der Waals surface area (Å²) < 4.78 is 5.05. The number of carboxylic acids is 1. The molecule has 0 bridgehead atoms. The summed E-state index contributed by atoms with van der Waals surface area (Å²) in [5, 5.41) is 14.2. The second-order valence-corrected chi connectivity index (χ2v) is 5.11. The molecule has 3 N–H and O–H groups in total. The van der Waals surface area contributed by atoms with Gasteiger partial charge in [-0.2, -0.15) is 0 Å². The van der Waals surface area contributed by atoms with E-state index in [1.165, 1.54) is 36.6 Å². The highest BCUT2D eigenvalue weighted by Gasteiger charge is 2.09. The van der Waals surface area contributed by atoms with Gasteiger partial charge in [0.25, 0.3) is 0 Å². The molecule has 0 spiro atoms. The maximum absolute atomic E-state index is 11.7. The molecule has 0 aliphatic rings. The highest BCUT2D eigenvalue weighted by atomic mass is 35.5. The third-order valence-electron chi connectivity index (χ3n) is 2.64. The lowest BCUT2D eigenvalue weighted by molar-refractivity contribution is -0.115. The second kappa shape index (κ2) is 7.57. The van der Waals surface area contributed by atoms with Crippen molar-refractivity contribution in [1.82, 2.24) is 5.32 Å². The Morgan fingerprint density at radius 3 is 2.70 bits per heavy atom. The number of amides is 1. The molecule has 2 aromatic rings. The normalized spacial score (nSPS) is 10.5. The minimum Gasteiger partial charge on any atom is -0.478 e. The Balaban J connectivity index is 1.93. The van der Waals surface area contributed by atoms with Gasteiger partial charge in [-0.25, -0.2) is 4.79 Å². The molecule has 6 nitrogen and oxygen atoms in total. The first-order valence-electron chi connectivity index (χ1n) is 6.32. The van der Waals surface area contributed by atoms with Crippen molar-refractivity contribution in [3.8, 4) is 0 Å². The van der Waals surface area contributed by atoms with E-state index in [-0.39, 0.29) is 15.7 Å². The molecular formula is C15H11ClN2O4S. The van der Waals surface area contributed by atoms with Crippen molar-refractivity contribution in [2.75, 3.05) is 5.32 Å². The number of carboxylic acid groups (broad SMARTS) is 1. The molecule has 1 aromatic carbocycles. The fourth-order valence-electron chi connectivity index (χ4n) is 1.63. The van der Waals surface area contributed by atoms with Gasteiger partial charge in [0.15, 0.2) is 5.11 Å². The molecule has 23 heavy (non-hydrogen) atoms. The summed E-state index contributed by atoms with van der Waals surface area (Å²) in [6.45, 7) is 0. The number of thiocarbonyl (C=S) groups is 1. The number of halogens is 1. The Morgan fingerprint density at radius 1 is 1.30 bits per heavy atom. The molecule has 1 heterocycles. The van der Waals surface area contributed by atoms with E-state index < -0.39 is 11.9 Å². The van der Waals surface area contributed by atoms with Crippen LogP contribution in [0.4, 0.5) is 5.69 Å². The molecule has 0 radical (unpaired) electrons. The van der Waals surface area contributed by atoms with Crippen LogP contribution in [-0.4, -0.2) is 22.1 Å². The molecule has 0 aliphatic carbocycles. The quantitative estimate of drug-likeness (QED) is 0.579. The highest BCUT2D eigenvalue weighted by Crippen LogP contribution is 2.20. The van der Waals surface area contributed by atoms with Crippen molar-refractivity contribution < 1.29 is 19.1 Å². The summed E-state index contributed by atoms with van der Waals surface area (Å²) in [5.41, 5.74) is 0.439. The number of hydrogen-bond donors (Lipinski definition) is 3. The van der Waals surface area contributed by atoms with Crippen molar-refractivity contribution in [3.05, 3.63) is 59.0 Å². The summed E-state index contributed by atoms with van der Waals surface area (Å²) in [5.74, 6) is -1.03. The number of carbonyl (C=O) groups is 2. The van der Waals surface area contributed by atoms with Gasteiger partial charge in [-0.3, -0.25) is 10.1 Å². The predicted molar refractivity (Wildman–Crippen MR) is 90.5 cm³/mol. The van der Waals surface area contributed by atoms with Crippen molar-refractivity contribution in [1.29, 1.82) is 0 Å². The molecular weight excluding hydrogens is 340 g/mol. The van der Waals surface area contributed by atoms with Crippen LogP contribution >= 0.6 is 23.8 Å². The van der Waals surface area contributed by atoms with E-state index in [1.807, 2.05) is 0 Å². The van der Waals surface area contributed by atoms with Crippen molar-refractivity contribution in [2.24, 2.45) is 0 Å². The van der Waals surface area contributed by atoms with E-state index in [4.69, 9.17) is 33.3 Å². The molecule has 8 heteroatoms. The lowest BCUT2D eigenvalue weighted by atomic mass is 10.2. The van der Waals surface area contributed by atoms with Crippen molar-refractivity contribution in [3.63, 3.8) is 0 Å². The van der Waals surface area contributed by atoms with E-state index in [0.717, 1.165) is 0 Å². The Morgan fingerprint density at radius 2 is 2.09 bits per heavy atom. The van der Waals surface area contributed by atoms with Gasteiger partial charge in [-0.1, -0.05) is 11.6 Å². The van der Waals surface area contributed by atoms with Crippen LogP contribution in [0.2, 0.25) is 5.02 Å². The van der Waals surface area contributed by atoms with Gasteiger partial charge in [0.2, 0.25) is 5.91 Å². The molecule has 0 saturated heterocycles. The Hall–Kier alpha value is -2.64. The third kappa shape index (κ3) is 4.94. The number of carbonyl (C=O) groups excluding carboxylic acids is 1. The van der Waals surface area contributed by atoms with E-state index in [9.17, 15) is 9.59 Å².